The van der Waals surface area contributed by atoms with Crippen molar-refractivity contribution in [3.63, 3.8) is 0 Å². The van der Waals surface area contributed by atoms with Crippen molar-refractivity contribution >= 4 is 11.7 Å². The van der Waals surface area contributed by atoms with Gasteiger partial charge in [-0.2, -0.15) is 0 Å². The molecule has 2 aliphatic rings. The molecule has 6 heteroatoms. The number of piperidine rings is 1. The van der Waals surface area contributed by atoms with Crippen LogP contribution >= 0.6 is 0 Å². The number of aromatic nitrogens is 1. The van der Waals surface area contributed by atoms with Crippen molar-refractivity contribution in [3.05, 3.63) is 24.5 Å². The van der Waals surface area contributed by atoms with E-state index in [2.05, 4.69) is 20.5 Å². The lowest BCUT2D eigenvalue weighted by atomic mass is 10.0. The maximum absolute atomic E-state index is 12.0. The minimum Gasteiger partial charge on any atom is -0.377 e. The Bertz CT molecular complexity index is 468. The second kappa shape index (κ2) is 7.56. The van der Waals surface area contributed by atoms with Crippen LogP contribution in [0.2, 0.25) is 0 Å². The average molecular weight is 304 g/mol. The minimum absolute atomic E-state index is 0.148. The topological polar surface area (TPSA) is 66.5 Å². The van der Waals surface area contributed by atoms with Gasteiger partial charge in [0, 0.05) is 38.5 Å². The Morgan fingerprint density at radius 3 is 2.91 bits per heavy atom. The molecule has 120 valence electrons. The molecule has 3 rings (SSSR count). The summed E-state index contributed by atoms with van der Waals surface area (Å²) < 4.78 is 5.69. The molecule has 0 aromatic carbocycles. The minimum atomic E-state index is -0.148. The number of rotatable bonds is 4. The summed E-state index contributed by atoms with van der Waals surface area (Å²) in [6, 6.07) is 3.73. The number of hydrogen-bond donors (Lipinski definition) is 2. The molecule has 0 saturated carbocycles. The summed E-state index contributed by atoms with van der Waals surface area (Å²) in [7, 11) is 0. The third-order valence-electron chi connectivity index (χ3n) is 4.33. The molecule has 0 aliphatic carbocycles. The SMILES string of the molecule is O=C(Nc1cccnc1)NC1CCN(C[C@@H]2CCCO2)CC1. The molecular formula is C16H24N4O2. The smallest absolute Gasteiger partial charge is 0.319 e. The molecule has 2 saturated heterocycles. The number of pyridine rings is 1. The van der Waals surface area contributed by atoms with Gasteiger partial charge in [-0.05, 0) is 37.8 Å². The summed E-state index contributed by atoms with van der Waals surface area (Å²) >= 11 is 0. The summed E-state index contributed by atoms with van der Waals surface area (Å²) in [4.78, 5) is 18.4. The van der Waals surface area contributed by atoms with Crippen LogP contribution in [0, 0.1) is 0 Å². The molecule has 1 aromatic heterocycles. The van der Waals surface area contributed by atoms with E-state index in [0.29, 0.717) is 6.10 Å². The molecule has 6 nitrogen and oxygen atoms in total. The van der Waals surface area contributed by atoms with E-state index in [1.165, 1.54) is 12.8 Å². The van der Waals surface area contributed by atoms with Gasteiger partial charge in [0.05, 0.1) is 18.0 Å². The van der Waals surface area contributed by atoms with Crippen LogP contribution in [-0.2, 0) is 4.74 Å². The van der Waals surface area contributed by atoms with Crippen LogP contribution < -0.4 is 10.6 Å². The highest BCUT2D eigenvalue weighted by Gasteiger charge is 2.24. The van der Waals surface area contributed by atoms with Gasteiger partial charge in [0.1, 0.15) is 0 Å². The number of ether oxygens (including phenoxy) is 1. The third-order valence-corrected chi connectivity index (χ3v) is 4.33. The van der Waals surface area contributed by atoms with Gasteiger partial charge in [-0.3, -0.25) is 4.98 Å². The Kier molecular flexibility index (Phi) is 5.24. The highest BCUT2D eigenvalue weighted by atomic mass is 16.5. The molecule has 0 radical (unpaired) electrons. The Balaban J connectivity index is 1.37. The third kappa shape index (κ3) is 4.42. The predicted octanol–water partition coefficient (Wildman–Crippen LogP) is 1.85. The second-order valence-electron chi connectivity index (χ2n) is 6.05. The summed E-state index contributed by atoms with van der Waals surface area (Å²) in [6.07, 6.45) is 8.11. The molecule has 2 fully saturated rings. The van der Waals surface area contributed by atoms with E-state index in [-0.39, 0.29) is 12.1 Å². The van der Waals surface area contributed by atoms with Crippen molar-refractivity contribution in [2.24, 2.45) is 0 Å². The van der Waals surface area contributed by atoms with Crippen LogP contribution in [0.3, 0.4) is 0 Å². The molecule has 1 aromatic rings. The number of urea groups is 1. The van der Waals surface area contributed by atoms with Crippen molar-refractivity contribution in [1.82, 2.24) is 15.2 Å². The Morgan fingerprint density at radius 1 is 1.36 bits per heavy atom. The van der Waals surface area contributed by atoms with E-state index in [0.717, 1.165) is 44.8 Å². The van der Waals surface area contributed by atoms with Crippen LogP contribution in [0.1, 0.15) is 25.7 Å². The zero-order valence-corrected chi connectivity index (χ0v) is 12.8. The molecule has 3 heterocycles. The number of carbonyl (C=O) groups is 1. The first-order valence-corrected chi connectivity index (χ1v) is 8.11. The monoisotopic (exact) mass is 304 g/mol. The standard InChI is InChI=1S/C16H24N4O2/c21-16(19-14-3-1-7-17-11-14)18-13-5-8-20(9-6-13)12-15-4-2-10-22-15/h1,3,7,11,13,15H,2,4-6,8-10,12H2,(H2,18,19,21)/t15-/m0/s1. The molecule has 1 atom stereocenters. The van der Waals surface area contributed by atoms with Crippen LogP contribution in [0.15, 0.2) is 24.5 Å². The number of anilines is 1. The Hall–Kier alpha value is -1.66. The van der Waals surface area contributed by atoms with Gasteiger partial charge in [0.25, 0.3) is 0 Å². The summed E-state index contributed by atoms with van der Waals surface area (Å²) in [5.74, 6) is 0. The van der Waals surface area contributed by atoms with E-state index >= 15 is 0 Å². The number of carbonyl (C=O) groups excluding carboxylic acids is 1. The van der Waals surface area contributed by atoms with E-state index in [1.54, 1.807) is 18.5 Å². The van der Waals surface area contributed by atoms with Crippen molar-refractivity contribution < 1.29 is 9.53 Å². The Labute approximate surface area is 131 Å². The number of nitrogens with one attached hydrogen (secondary N) is 2. The highest BCUT2D eigenvalue weighted by molar-refractivity contribution is 5.89. The lowest BCUT2D eigenvalue weighted by molar-refractivity contribution is 0.0633. The molecular weight excluding hydrogens is 280 g/mol. The average Bonchev–Trinajstić information content (AvgIpc) is 3.03. The van der Waals surface area contributed by atoms with Gasteiger partial charge in [-0.1, -0.05) is 0 Å². The van der Waals surface area contributed by atoms with Crippen LogP contribution in [0.4, 0.5) is 10.5 Å². The van der Waals surface area contributed by atoms with Crippen LogP contribution in [0.5, 0.6) is 0 Å². The first kappa shape index (κ1) is 15.2. The normalized spacial score (nSPS) is 23.4. The molecule has 0 unspecified atom stereocenters. The summed E-state index contributed by atoms with van der Waals surface area (Å²) in [6.45, 7) is 4.00. The van der Waals surface area contributed by atoms with Crippen LogP contribution in [-0.4, -0.2) is 54.3 Å². The molecule has 2 aliphatic heterocycles. The predicted molar refractivity (Wildman–Crippen MR) is 84.8 cm³/mol. The fraction of sp³-hybridized carbons (Fsp3) is 0.625. The van der Waals surface area contributed by atoms with Crippen molar-refractivity contribution in [2.75, 3.05) is 31.6 Å². The van der Waals surface area contributed by atoms with Gasteiger partial charge < -0.3 is 20.3 Å². The first-order chi connectivity index (χ1) is 10.8. The van der Waals surface area contributed by atoms with E-state index in [4.69, 9.17) is 4.74 Å². The van der Waals surface area contributed by atoms with Gasteiger partial charge in [-0.25, -0.2) is 4.79 Å². The van der Waals surface area contributed by atoms with Crippen molar-refractivity contribution in [2.45, 2.75) is 37.8 Å². The highest BCUT2D eigenvalue weighted by Crippen LogP contribution is 2.17. The van der Waals surface area contributed by atoms with Gasteiger partial charge in [0.2, 0.25) is 0 Å². The summed E-state index contributed by atoms with van der Waals surface area (Å²) in [5, 5.41) is 5.86. The van der Waals surface area contributed by atoms with Gasteiger partial charge >= 0.3 is 6.03 Å². The fourth-order valence-corrected chi connectivity index (χ4v) is 3.13. The second-order valence-corrected chi connectivity index (χ2v) is 6.05. The molecule has 0 bridgehead atoms. The molecule has 2 N–H and O–H groups in total. The number of hydrogen-bond acceptors (Lipinski definition) is 4. The largest absolute Gasteiger partial charge is 0.377 e. The van der Waals surface area contributed by atoms with Gasteiger partial charge in [-0.15, -0.1) is 0 Å². The molecule has 0 spiro atoms. The zero-order chi connectivity index (χ0) is 15.2. The van der Waals surface area contributed by atoms with E-state index in [1.807, 2.05) is 6.07 Å². The maximum atomic E-state index is 12.0. The number of likely N-dealkylation sites (tertiary alicyclic amines) is 1. The number of amides is 2. The maximum Gasteiger partial charge on any atom is 0.319 e. The molecule has 2 amide bonds. The lowest BCUT2D eigenvalue weighted by Crippen LogP contribution is -2.47. The Morgan fingerprint density at radius 2 is 2.23 bits per heavy atom. The van der Waals surface area contributed by atoms with Gasteiger partial charge in [0.15, 0.2) is 0 Å². The zero-order valence-electron chi connectivity index (χ0n) is 12.8. The quantitative estimate of drug-likeness (QED) is 0.891. The first-order valence-electron chi connectivity index (χ1n) is 8.11. The van der Waals surface area contributed by atoms with Crippen molar-refractivity contribution in [1.29, 1.82) is 0 Å². The van der Waals surface area contributed by atoms with E-state index < -0.39 is 0 Å². The lowest BCUT2D eigenvalue weighted by Gasteiger charge is -2.33. The van der Waals surface area contributed by atoms with Crippen molar-refractivity contribution in [3.8, 4) is 0 Å². The molecule has 22 heavy (non-hydrogen) atoms. The number of nitrogens with zero attached hydrogens (tertiary/aromatic N) is 2. The summed E-state index contributed by atoms with van der Waals surface area (Å²) in [5.41, 5.74) is 0.718. The van der Waals surface area contributed by atoms with Crippen LogP contribution in [0.25, 0.3) is 0 Å². The fourth-order valence-electron chi connectivity index (χ4n) is 3.13. The van der Waals surface area contributed by atoms with E-state index in [9.17, 15) is 4.79 Å².